The molecule has 2 aliphatic heterocycles. The number of cyclic esters (lactones) is 1. The van der Waals surface area contributed by atoms with Crippen molar-refractivity contribution in [3.8, 4) is 5.75 Å². The van der Waals surface area contributed by atoms with Crippen molar-refractivity contribution < 1.29 is 19.1 Å². The molecule has 28 heavy (non-hydrogen) atoms. The van der Waals surface area contributed by atoms with Crippen LogP contribution in [0, 0.1) is 5.92 Å². The predicted octanol–water partition coefficient (Wildman–Crippen LogP) is 3.24. The van der Waals surface area contributed by atoms with Crippen molar-refractivity contribution in [1.29, 1.82) is 0 Å². The summed E-state index contributed by atoms with van der Waals surface area (Å²) in [5, 5.41) is 2.98. The number of methoxy groups -OCH3 is 1. The molecule has 1 aromatic rings. The van der Waals surface area contributed by atoms with E-state index in [9.17, 15) is 9.59 Å². The number of nitrogens with zero attached hydrogens (tertiary/aromatic N) is 2. The van der Waals surface area contributed by atoms with Crippen LogP contribution in [0.15, 0.2) is 24.3 Å². The highest BCUT2D eigenvalue weighted by Crippen LogP contribution is 2.28. The topological polar surface area (TPSA) is 71.1 Å². The molecule has 3 amide bonds. The van der Waals surface area contributed by atoms with Crippen LogP contribution in [0.5, 0.6) is 5.75 Å². The number of urea groups is 1. The maximum absolute atomic E-state index is 12.5. The molecule has 0 bridgehead atoms. The van der Waals surface area contributed by atoms with Gasteiger partial charge in [0.15, 0.2) is 0 Å². The number of ether oxygens (including phenoxy) is 2. The molecular formula is C21H31N3O4. The van der Waals surface area contributed by atoms with Crippen LogP contribution in [0.1, 0.15) is 38.7 Å². The van der Waals surface area contributed by atoms with Crippen LogP contribution in [0.4, 0.5) is 9.59 Å². The number of benzene rings is 1. The lowest BCUT2D eigenvalue weighted by Crippen LogP contribution is -2.52. The first-order valence-corrected chi connectivity index (χ1v) is 10.1. The van der Waals surface area contributed by atoms with Gasteiger partial charge in [-0.25, -0.2) is 9.59 Å². The first kappa shape index (κ1) is 20.3. The van der Waals surface area contributed by atoms with Crippen molar-refractivity contribution >= 4 is 12.1 Å². The van der Waals surface area contributed by atoms with Crippen molar-refractivity contribution in [3.05, 3.63) is 29.8 Å². The van der Waals surface area contributed by atoms with Gasteiger partial charge in [0, 0.05) is 25.7 Å². The third-order valence-corrected chi connectivity index (χ3v) is 5.99. The lowest BCUT2D eigenvalue weighted by Gasteiger charge is -2.39. The van der Waals surface area contributed by atoms with Gasteiger partial charge in [0.05, 0.1) is 13.2 Å². The second kappa shape index (κ2) is 9.17. The van der Waals surface area contributed by atoms with E-state index in [0.717, 1.165) is 30.6 Å². The van der Waals surface area contributed by atoms with E-state index in [1.807, 2.05) is 34.1 Å². The molecule has 2 fully saturated rings. The number of hydrogen-bond donors (Lipinski definition) is 1. The van der Waals surface area contributed by atoms with Gasteiger partial charge in [-0.05, 0) is 36.5 Å². The Morgan fingerprint density at radius 1 is 1.29 bits per heavy atom. The van der Waals surface area contributed by atoms with Crippen LogP contribution in [-0.2, 0) is 11.3 Å². The predicted molar refractivity (Wildman–Crippen MR) is 106 cm³/mol. The fraction of sp³-hybridized carbons (Fsp3) is 0.619. The Kier molecular flexibility index (Phi) is 6.65. The zero-order valence-electron chi connectivity index (χ0n) is 17.0. The van der Waals surface area contributed by atoms with Crippen LogP contribution in [0.25, 0.3) is 0 Å². The van der Waals surface area contributed by atoms with Crippen molar-refractivity contribution in [2.24, 2.45) is 5.92 Å². The number of carbonyl (C=O) groups is 2. The molecule has 0 aromatic heterocycles. The summed E-state index contributed by atoms with van der Waals surface area (Å²) in [4.78, 5) is 28.5. The van der Waals surface area contributed by atoms with Gasteiger partial charge in [-0.1, -0.05) is 32.4 Å². The largest absolute Gasteiger partial charge is 0.497 e. The van der Waals surface area contributed by atoms with E-state index in [1.54, 1.807) is 7.11 Å². The standard InChI is InChI=1S/C21H31N3O4/c1-4-15(2)19-14-28-21(26)24(19)17-9-11-23(12-10-17)20(25)22-13-16-5-7-18(27-3)8-6-16/h5-8,15,17,19H,4,9-14H2,1-3H3,(H,22,25)/t15-,19+/m0/s1. The Balaban J connectivity index is 1.48. The molecule has 2 aliphatic rings. The van der Waals surface area contributed by atoms with E-state index in [0.29, 0.717) is 32.2 Å². The minimum atomic E-state index is -0.201. The highest BCUT2D eigenvalue weighted by Gasteiger charge is 2.41. The number of piperidine rings is 1. The van der Waals surface area contributed by atoms with E-state index in [2.05, 4.69) is 19.2 Å². The fourth-order valence-electron chi connectivity index (χ4n) is 3.96. The second-order valence-corrected chi connectivity index (χ2v) is 7.66. The molecule has 2 atom stereocenters. The fourth-order valence-corrected chi connectivity index (χ4v) is 3.96. The summed E-state index contributed by atoms with van der Waals surface area (Å²) in [6.45, 7) is 6.57. The molecule has 1 aromatic carbocycles. The van der Waals surface area contributed by atoms with Crippen LogP contribution in [0.3, 0.4) is 0 Å². The highest BCUT2D eigenvalue weighted by molar-refractivity contribution is 5.74. The molecular weight excluding hydrogens is 358 g/mol. The maximum Gasteiger partial charge on any atom is 0.410 e. The highest BCUT2D eigenvalue weighted by atomic mass is 16.6. The molecule has 0 aliphatic carbocycles. The minimum absolute atomic E-state index is 0.0586. The summed E-state index contributed by atoms with van der Waals surface area (Å²) >= 11 is 0. The van der Waals surface area contributed by atoms with Crippen LogP contribution in [0.2, 0.25) is 0 Å². The zero-order valence-corrected chi connectivity index (χ0v) is 17.0. The second-order valence-electron chi connectivity index (χ2n) is 7.66. The normalized spacial score (nSPS) is 21.4. The van der Waals surface area contributed by atoms with Gasteiger partial charge in [-0.2, -0.15) is 0 Å². The smallest absolute Gasteiger partial charge is 0.410 e. The van der Waals surface area contributed by atoms with Crippen molar-refractivity contribution in [1.82, 2.24) is 15.1 Å². The number of nitrogens with one attached hydrogen (secondary N) is 1. The van der Waals surface area contributed by atoms with E-state index < -0.39 is 0 Å². The van der Waals surface area contributed by atoms with Gasteiger partial charge in [-0.15, -0.1) is 0 Å². The zero-order chi connectivity index (χ0) is 20.1. The molecule has 0 spiro atoms. The SMILES string of the molecule is CC[C@H](C)[C@H]1COC(=O)N1C1CCN(C(=O)NCc2ccc(OC)cc2)CC1. The van der Waals surface area contributed by atoms with Crippen LogP contribution < -0.4 is 10.1 Å². The van der Waals surface area contributed by atoms with E-state index in [4.69, 9.17) is 9.47 Å². The van der Waals surface area contributed by atoms with E-state index in [1.165, 1.54) is 0 Å². The third-order valence-electron chi connectivity index (χ3n) is 5.99. The van der Waals surface area contributed by atoms with Crippen molar-refractivity contribution in [2.45, 2.75) is 51.7 Å². The molecule has 3 rings (SSSR count). The summed E-state index contributed by atoms with van der Waals surface area (Å²) in [5.74, 6) is 1.21. The summed E-state index contributed by atoms with van der Waals surface area (Å²) < 4.78 is 10.5. The van der Waals surface area contributed by atoms with E-state index >= 15 is 0 Å². The summed E-state index contributed by atoms with van der Waals surface area (Å²) in [5.41, 5.74) is 1.03. The molecule has 154 valence electrons. The quantitative estimate of drug-likeness (QED) is 0.811. The van der Waals surface area contributed by atoms with Crippen LogP contribution >= 0.6 is 0 Å². The monoisotopic (exact) mass is 389 g/mol. The summed E-state index contributed by atoms with van der Waals surface area (Å²) in [7, 11) is 1.63. The molecule has 0 saturated carbocycles. The number of hydrogen-bond acceptors (Lipinski definition) is 4. The first-order chi connectivity index (χ1) is 13.5. The van der Waals surface area contributed by atoms with Crippen molar-refractivity contribution in [2.75, 3.05) is 26.8 Å². The Bertz CT molecular complexity index is 671. The molecule has 2 saturated heterocycles. The molecule has 1 N–H and O–H groups in total. The van der Waals surface area contributed by atoms with Gasteiger partial charge in [0.1, 0.15) is 12.4 Å². The number of rotatable bonds is 6. The maximum atomic E-state index is 12.5. The molecule has 0 radical (unpaired) electrons. The Labute approximate surface area is 167 Å². The molecule has 7 heteroatoms. The number of carbonyl (C=O) groups excluding carboxylic acids is 2. The lowest BCUT2D eigenvalue weighted by atomic mass is 9.95. The number of likely N-dealkylation sites (tertiary alicyclic amines) is 1. The summed E-state index contributed by atoms with van der Waals surface area (Å²) in [6.07, 6.45) is 2.40. The van der Waals surface area contributed by atoms with Gasteiger partial charge in [0.25, 0.3) is 0 Å². The Morgan fingerprint density at radius 3 is 2.57 bits per heavy atom. The first-order valence-electron chi connectivity index (χ1n) is 10.1. The third kappa shape index (κ3) is 4.51. The Morgan fingerprint density at radius 2 is 1.96 bits per heavy atom. The van der Waals surface area contributed by atoms with Crippen molar-refractivity contribution in [3.63, 3.8) is 0 Å². The Hall–Kier alpha value is -2.44. The molecule has 2 heterocycles. The minimum Gasteiger partial charge on any atom is -0.497 e. The van der Waals surface area contributed by atoms with Gasteiger partial charge in [-0.3, -0.25) is 4.90 Å². The average Bonchev–Trinajstić information content (AvgIpc) is 3.13. The van der Waals surface area contributed by atoms with E-state index in [-0.39, 0.29) is 24.2 Å². The molecule has 0 unspecified atom stereocenters. The van der Waals surface area contributed by atoms with Gasteiger partial charge >= 0.3 is 12.1 Å². The molecule has 7 nitrogen and oxygen atoms in total. The lowest BCUT2D eigenvalue weighted by molar-refractivity contribution is 0.103. The van der Waals surface area contributed by atoms with Gasteiger partial charge in [0.2, 0.25) is 0 Å². The average molecular weight is 389 g/mol. The number of amides is 3. The van der Waals surface area contributed by atoms with Crippen LogP contribution in [-0.4, -0.2) is 60.8 Å². The summed E-state index contributed by atoms with van der Waals surface area (Å²) in [6, 6.07) is 7.90. The van der Waals surface area contributed by atoms with Gasteiger partial charge < -0.3 is 19.7 Å².